The van der Waals surface area contributed by atoms with E-state index in [-0.39, 0.29) is 24.4 Å². The van der Waals surface area contributed by atoms with Crippen LogP contribution in [0.25, 0.3) is 0 Å². The number of carbonyl (C=O) groups excluding carboxylic acids is 2. The minimum Gasteiger partial charge on any atom is -0.385 e. The van der Waals surface area contributed by atoms with E-state index in [1.165, 1.54) is 12.0 Å². The second-order valence-corrected chi connectivity index (χ2v) is 10.0. The molecule has 1 aliphatic carbocycles. The quantitative estimate of drug-likeness (QED) is 0.300. The molecule has 198 valence electrons. The molecule has 3 rings (SSSR count). The van der Waals surface area contributed by atoms with Gasteiger partial charge >= 0.3 is 0 Å². The second-order valence-electron chi connectivity index (χ2n) is 10.0. The molecule has 0 unspecified atom stereocenters. The summed E-state index contributed by atoms with van der Waals surface area (Å²) < 4.78 is 7.45. The average molecular weight is 496 g/mol. The van der Waals surface area contributed by atoms with E-state index in [2.05, 4.69) is 59.0 Å². The first-order valence-electron chi connectivity index (χ1n) is 13.9. The Labute approximate surface area is 217 Å². The molecular weight excluding hydrogens is 450 g/mol. The molecule has 1 heterocycles. The normalized spacial score (nSPS) is 14.1. The monoisotopic (exact) mass is 495 g/mol. The summed E-state index contributed by atoms with van der Waals surface area (Å²) in [6.07, 6.45) is 12.0. The first-order valence-corrected chi connectivity index (χ1v) is 13.9. The number of carbonyl (C=O) groups is 2. The van der Waals surface area contributed by atoms with Crippen LogP contribution in [0.2, 0.25) is 0 Å². The fourth-order valence-corrected chi connectivity index (χ4v) is 5.15. The summed E-state index contributed by atoms with van der Waals surface area (Å²) in [4.78, 5) is 30.7. The molecule has 0 spiro atoms. The second kappa shape index (κ2) is 15.5. The molecule has 1 aliphatic rings. The third-order valence-electron chi connectivity index (χ3n) is 7.24. The van der Waals surface area contributed by atoms with Gasteiger partial charge < -0.3 is 19.1 Å². The number of ether oxygens (including phenoxy) is 1. The number of hydrogen-bond donors (Lipinski definition) is 0. The third-order valence-corrected chi connectivity index (χ3v) is 7.24. The van der Waals surface area contributed by atoms with Crippen LogP contribution in [0.1, 0.15) is 82.4 Å². The smallest absolute Gasteiger partial charge is 0.242 e. The predicted molar refractivity (Wildman–Crippen MR) is 145 cm³/mol. The highest BCUT2D eigenvalue weighted by Crippen LogP contribution is 2.25. The highest BCUT2D eigenvalue weighted by molar-refractivity contribution is 5.85. The summed E-state index contributed by atoms with van der Waals surface area (Å²) in [5, 5.41) is 0. The maximum absolute atomic E-state index is 13.8. The highest BCUT2D eigenvalue weighted by Gasteiger charge is 2.28. The van der Waals surface area contributed by atoms with Gasteiger partial charge in [-0.25, -0.2) is 0 Å². The molecule has 0 radical (unpaired) electrons. The molecule has 1 saturated carbocycles. The predicted octanol–water partition coefficient (Wildman–Crippen LogP) is 5.64. The van der Waals surface area contributed by atoms with Gasteiger partial charge in [-0.15, -0.1) is 0 Å². The topological polar surface area (TPSA) is 54.8 Å². The van der Waals surface area contributed by atoms with E-state index >= 15 is 0 Å². The van der Waals surface area contributed by atoms with Crippen molar-refractivity contribution < 1.29 is 14.3 Å². The molecule has 0 aliphatic heterocycles. The molecule has 36 heavy (non-hydrogen) atoms. The van der Waals surface area contributed by atoms with Gasteiger partial charge in [0.1, 0.15) is 0 Å². The van der Waals surface area contributed by atoms with Crippen LogP contribution in [0.3, 0.4) is 0 Å². The van der Waals surface area contributed by atoms with Crippen molar-refractivity contribution in [2.24, 2.45) is 0 Å². The van der Waals surface area contributed by atoms with Gasteiger partial charge in [-0.2, -0.15) is 0 Å². The number of methoxy groups -OCH3 is 1. The third kappa shape index (κ3) is 8.81. The Hall–Kier alpha value is -2.60. The molecular formula is C30H45N3O3. The molecule has 6 heteroatoms. The van der Waals surface area contributed by atoms with Crippen LogP contribution in [0, 0.1) is 0 Å². The molecule has 0 N–H and O–H groups in total. The van der Waals surface area contributed by atoms with Crippen LogP contribution in [-0.4, -0.2) is 59.0 Å². The Morgan fingerprint density at radius 1 is 0.972 bits per heavy atom. The number of nitrogens with zero attached hydrogens (tertiary/aromatic N) is 3. The molecule has 0 atom stereocenters. The van der Waals surface area contributed by atoms with Gasteiger partial charge in [0.25, 0.3) is 0 Å². The lowest BCUT2D eigenvalue weighted by Crippen LogP contribution is -2.47. The molecule has 2 aromatic rings. The lowest BCUT2D eigenvalue weighted by atomic mass is 9.94. The van der Waals surface area contributed by atoms with Crippen molar-refractivity contribution >= 4 is 11.8 Å². The van der Waals surface area contributed by atoms with Crippen LogP contribution >= 0.6 is 0 Å². The summed E-state index contributed by atoms with van der Waals surface area (Å²) in [5.74, 6) is 0.152. The molecule has 0 bridgehead atoms. The summed E-state index contributed by atoms with van der Waals surface area (Å²) in [6.45, 7) is 4.82. The van der Waals surface area contributed by atoms with Gasteiger partial charge in [-0.3, -0.25) is 9.59 Å². The van der Waals surface area contributed by atoms with Gasteiger partial charge in [-0.1, -0.05) is 69.4 Å². The van der Waals surface area contributed by atoms with Crippen molar-refractivity contribution in [2.75, 3.05) is 26.8 Å². The maximum Gasteiger partial charge on any atom is 0.242 e. The van der Waals surface area contributed by atoms with Gasteiger partial charge in [0.05, 0.1) is 13.1 Å². The van der Waals surface area contributed by atoms with E-state index in [0.717, 1.165) is 63.6 Å². The summed E-state index contributed by atoms with van der Waals surface area (Å²) in [7, 11) is 1.67. The number of unbranched alkanes of at least 4 members (excludes halogenated alkanes) is 2. The fourth-order valence-electron chi connectivity index (χ4n) is 5.15. The first kappa shape index (κ1) is 28.0. The van der Waals surface area contributed by atoms with Crippen molar-refractivity contribution in [3.8, 4) is 0 Å². The van der Waals surface area contributed by atoms with E-state index in [4.69, 9.17) is 4.74 Å². The van der Waals surface area contributed by atoms with Crippen molar-refractivity contribution in [1.29, 1.82) is 0 Å². The standard InChI is InChI=1S/C30H45N3O3/c1-3-4-7-19-29(34)32(21-13-22-36-2)25-30(35)33(27-16-10-6-11-17-27)24-28-18-12-20-31(28)23-26-14-8-5-9-15-26/h5,8-9,12,14-15,18,20,27H,3-4,6-7,10-11,13,16-17,19,21-25H2,1-2H3. The van der Waals surface area contributed by atoms with E-state index in [9.17, 15) is 9.59 Å². The minimum absolute atomic E-state index is 0.0654. The van der Waals surface area contributed by atoms with Gasteiger partial charge in [-0.05, 0) is 43.4 Å². The highest BCUT2D eigenvalue weighted by atomic mass is 16.5. The molecule has 0 saturated heterocycles. The lowest BCUT2D eigenvalue weighted by molar-refractivity contribution is -0.143. The van der Waals surface area contributed by atoms with Crippen molar-refractivity contribution in [3.05, 3.63) is 59.9 Å². The van der Waals surface area contributed by atoms with Crippen LogP contribution in [0.5, 0.6) is 0 Å². The maximum atomic E-state index is 13.8. The zero-order chi connectivity index (χ0) is 25.6. The SMILES string of the molecule is CCCCCC(=O)N(CCCOC)CC(=O)N(Cc1cccn1Cc1ccccc1)C1CCCCC1. The molecule has 1 aromatic carbocycles. The van der Waals surface area contributed by atoms with E-state index < -0.39 is 0 Å². The Balaban J connectivity index is 1.74. The van der Waals surface area contributed by atoms with Crippen molar-refractivity contribution in [3.63, 3.8) is 0 Å². The number of hydrogen-bond acceptors (Lipinski definition) is 3. The summed E-state index contributed by atoms with van der Waals surface area (Å²) >= 11 is 0. The Morgan fingerprint density at radius 3 is 2.47 bits per heavy atom. The van der Waals surface area contributed by atoms with Crippen molar-refractivity contribution in [2.45, 2.75) is 90.3 Å². The van der Waals surface area contributed by atoms with Crippen LogP contribution in [0.15, 0.2) is 48.7 Å². The average Bonchev–Trinajstić information content (AvgIpc) is 3.34. The summed E-state index contributed by atoms with van der Waals surface area (Å²) in [5.41, 5.74) is 2.38. The molecule has 2 amide bonds. The number of benzene rings is 1. The Kier molecular flexibility index (Phi) is 12.0. The lowest BCUT2D eigenvalue weighted by Gasteiger charge is -2.36. The molecule has 6 nitrogen and oxygen atoms in total. The van der Waals surface area contributed by atoms with Crippen molar-refractivity contribution in [1.82, 2.24) is 14.4 Å². The van der Waals surface area contributed by atoms with Crippen LogP contribution < -0.4 is 0 Å². The van der Waals surface area contributed by atoms with Crippen LogP contribution in [-0.2, 0) is 27.4 Å². The summed E-state index contributed by atoms with van der Waals surface area (Å²) in [6, 6.07) is 14.9. The van der Waals surface area contributed by atoms with Gasteiger partial charge in [0.15, 0.2) is 0 Å². The zero-order valence-electron chi connectivity index (χ0n) is 22.4. The van der Waals surface area contributed by atoms with Gasteiger partial charge in [0.2, 0.25) is 11.8 Å². The van der Waals surface area contributed by atoms with E-state index in [0.29, 0.717) is 26.1 Å². The largest absolute Gasteiger partial charge is 0.385 e. The van der Waals surface area contributed by atoms with E-state index in [1.807, 2.05) is 6.07 Å². The Bertz CT molecular complexity index is 905. The molecule has 1 aromatic heterocycles. The van der Waals surface area contributed by atoms with Gasteiger partial charge in [0, 0.05) is 51.2 Å². The fraction of sp³-hybridized carbons (Fsp3) is 0.600. The number of aromatic nitrogens is 1. The molecule has 1 fully saturated rings. The zero-order valence-corrected chi connectivity index (χ0v) is 22.4. The first-order chi connectivity index (χ1) is 17.6. The van der Waals surface area contributed by atoms with E-state index in [1.54, 1.807) is 12.0 Å². The Morgan fingerprint density at radius 2 is 1.75 bits per heavy atom. The number of rotatable bonds is 15. The van der Waals surface area contributed by atoms with Crippen LogP contribution in [0.4, 0.5) is 0 Å². The minimum atomic E-state index is 0.0654. The number of amides is 2.